The average molecular weight is 248 g/mol. The van der Waals surface area contributed by atoms with Crippen molar-refractivity contribution in [2.24, 2.45) is 5.92 Å². The van der Waals surface area contributed by atoms with Crippen molar-refractivity contribution in [1.82, 2.24) is 0 Å². The van der Waals surface area contributed by atoms with Crippen LogP contribution >= 0.6 is 0 Å². The summed E-state index contributed by atoms with van der Waals surface area (Å²) in [6.45, 7) is 9.20. The number of para-hydroxylation sites is 2. The van der Waals surface area contributed by atoms with Gasteiger partial charge in [0.25, 0.3) is 0 Å². The minimum Gasteiger partial charge on any atom is -0.383 e. The van der Waals surface area contributed by atoms with Crippen LogP contribution in [0.4, 0.5) is 11.4 Å². The second-order valence-electron chi connectivity index (χ2n) is 5.01. The number of nitrogens with zero attached hydrogens (tertiary/aromatic N) is 1. The highest BCUT2D eigenvalue weighted by Crippen LogP contribution is 2.26. The molecule has 3 nitrogen and oxygen atoms in total. The number of benzene rings is 1. The predicted molar refractivity (Wildman–Crippen MR) is 77.4 cm³/mol. The van der Waals surface area contributed by atoms with Crippen LogP contribution in [0.3, 0.4) is 0 Å². The van der Waals surface area contributed by atoms with Gasteiger partial charge >= 0.3 is 0 Å². The quantitative estimate of drug-likeness (QED) is 0.867. The lowest BCUT2D eigenvalue weighted by Crippen LogP contribution is -2.36. The number of morpholine rings is 1. The summed E-state index contributed by atoms with van der Waals surface area (Å²) in [6, 6.07) is 8.58. The maximum Gasteiger partial charge on any atom is 0.0642 e. The summed E-state index contributed by atoms with van der Waals surface area (Å²) < 4.78 is 5.41. The van der Waals surface area contributed by atoms with Gasteiger partial charge < -0.3 is 15.0 Å². The van der Waals surface area contributed by atoms with Gasteiger partial charge in [-0.25, -0.2) is 0 Å². The minimum atomic E-state index is 0.711. The first-order chi connectivity index (χ1) is 8.81. The molecule has 18 heavy (non-hydrogen) atoms. The molecule has 0 bridgehead atoms. The van der Waals surface area contributed by atoms with Gasteiger partial charge in [-0.3, -0.25) is 0 Å². The second-order valence-corrected chi connectivity index (χ2v) is 5.01. The van der Waals surface area contributed by atoms with E-state index in [1.54, 1.807) is 0 Å². The van der Waals surface area contributed by atoms with Crippen LogP contribution in [0.2, 0.25) is 0 Å². The molecule has 0 radical (unpaired) electrons. The SMILES string of the molecule is CCC(C)CNc1ccccc1N1CCOCC1. The van der Waals surface area contributed by atoms with Crippen LogP contribution < -0.4 is 10.2 Å². The van der Waals surface area contributed by atoms with Gasteiger partial charge in [0.1, 0.15) is 0 Å². The Morgan fingerprint density at radius 2 is 2.00 bits per heavy atom. The summed E-state index contributed by atoms with van der Waals surface area (Å²) in [6.07, 6.45) is 1.22. The van der Waals surface area contributed by atoms with Gasteiger partial charge in [0.05, 0.1) is 24.6 Å². The van der Waals surface area contributed by atoms with Crippen molar-refractivity contribution < 1.29 is 4.74 Å². The maximum absolute atomic E-state index is 5.41. The number of ether oxygens (including phenoxy) is 1. The monoisotopic (exact) mass is 248 g/mol. The molecule has 1 aliphatic rings. The van der Waals surface area contributed by atoms with Crippen LogP contribution in [-0.2, 0) is 4.74 Å². The first kappa shape index (κ1) is 13.2. The van der Waals surface area contributed by atoms with E-state index in [0.717, 1.165) is 32.8 Å². The van der Waals surface area contributed by atoms with Gasteiger partial charge in [-0.05, 0) is 18.1 Å². The van der Waals surface area contributed by atoms with Crippen LogP contribution in [0.25, 0.3) is 0 Å². The zero-order valence-corrected chi connectivity index (χ0v) is 11.5. The van der Waals surface area contributed by atoms with E-state index in [9.17, 15) is 0 Å². The van der Waals surface area contributed by atoms with E-state index >= 15 is 0 Å². The van der Waals surface area contributed by atoms with E-state index in [0.29, 0.717) is 5.92 Å². The Morgan fingerprint density at radius 1 is 1.28 bits per heavy atom. The van der Waals surface area contributed by atoms with Crippen molar-refractivity contribution in [1.29, 1.82) is 0 Å². The number of hydrogen-bond acceptors (Lipinski definition) is 3. The van der Waals surface area contributed by atoms with Crippen molar-refractivity contribution in [2.45, 2.75) is 20.3 Å². The Labute approximate surface area is 110 Å². The standard InChI is InChI=1S/C15H24N2O/c1-3-13(2)12-16-14-6-4-5-7-15(14)17-8-10-18-11-9-17/h4-7,13,16H,3,8-12H2,1-2H3. The largest absolute Gasteiger partial charge is 0.383 e. The van der Waals surface area contributed by atoms with E-state index in [2.05, 4.69) is 48.3 Å². The number of hydrogen-bond donors (Lipinski definition) is 1. The maximum atomic E-state index is 5.41. The summed E-state index contributed by atoms with van der Waals surface area (Å²) >= 11 is 0. The molecule has 1 aromatic carbocycles. The number of rotatable bonds is 5. The summed E-state index contributed by atoms with van der Waals surface area (Å²) in [5.41, 5.74) is 2.56. The third kappa shape index (κ3) is 3.39. The molecule has 1 fully saturated rings. The fourth-order valence-electron chi connectivity index (χ4n) is 2.13. The van der Waals surface area contributed by atoms with Crippen LogP contribution in [0.1, 0.15) is 20.3 Å². The molecule has 0 spiro atoms. The normalized spacial score (nSPS) is 17.6. The van der Waals surface area contributed by atoms with Gasteiger partial charge in [0, 0.05) is 19.6 Å². The minimum absolute atomic E-state index is 0.711. The second kappa shape index (κ2) is 6.64. The van der Waals surface area contributed by atoms with Crippen LogP contribution in [0.15, 0.2) is 24.3 Å². The molecule has 0 aliphatic carbocycles. The highest BCUT2D eigenvalue weighted by molar-refractivity contribution is 5.70. The molecule has 0 aromatic heterocycles. The smallest absolute Gasteiger partial charge is 0.0642 e. The molecule has 1 atom stereocenters. The molecule has 1 saturated heterocycles. The van der Waals surface area contributed by atoms with Crippen LogP contribution in [-0.4, -0.2) is 32.8 Å². The van der Waals surface area contributed by atoms with E-state index in [1.165, 1.54) is 17.8 Å². The fourth-order valence-corrected chi connectivity index (χ4v) is 2.13. The van der Waals surface area contributed by atoms with E-state index in [4.69, 9.17) is 4.74 Å². The summed E-state index contributed by atoms with van der Waals surface area (Å²) in [4.78, 5) is 2.41. The molecule has 3 heteroatoms. The van der Waals surface area contributed by atoms with Gasteiger partial charge in [0.15, 0.2) is 0 Å². The molecule has 0 saturated carbocycles. The van der Waals surface area contributed by atoms with Crippen molar-refractivity contribution >= 4 is 11.4 Å². The molecule has 100 valence electrons. The van der Waals surface area contributed by atoms with E-state index in [-0.39, 0.29) is 0 Å². The molecule has 1 aliphatic heterocycles. The molecular formula is C15H24N2O. The lowest BCUT2D eigenvalue weighted by Gasteiger charge is -2.31. The van der Waals surface area contributed by atoms with Crippen molar-refractivity contribution in [3.63, 3.8) is 0 Å². The number of anilines is 2. The summed E-state index contributed by atoms with van der Waals surface area (Å²) in [7, 11) is 0. The highest BCUT2D eigenvalue weighted by atomic mass is 16.5. The molecule has 1 aromatic rings. The Morgan fingerprint density at radius 3 is 2.72 bits per heavy atom. The molecule has 1 N–H and O–H groups in total. The van der Waals surface area contributed by atoms with E-state index < -0.39 is 0 Å². The topological polar surface area (TPSA) is 24.5 Å². The van der Waals surface area contributed by atoms with Gasteiger partial charge in [-0.2, -0.15) is 0 Å². The third-order valence-corrected chi connectivity index (χ3v) is 3.59. The van der Waals surface area contributed by atoms with Crippen LogP contribution in [0.5, 0.6) is 0 Å². The van der Waals surface area contributed by atoms with Crippen LogP contribution in [0, 0.1) is 5.92 Å². The first-order valence-electron chi connectivity index (χ1n) is 6.97. The Balaban J connectivity index is 2.04. The lowest BCUT2D eigenvalue weighted by atomic mass is 10.1. The summed E-state index contributed by atoms with van der Waals surface area (Å²) in [5, 5.41) is 3.58. The lowest BCUT2D eigenvalue weighted by molar-refractivity contribution is 0.123. The first-order valence-corrected chi connectivity index (χ1v) is 6.97. The predicted octanol–water partition coefficient (Wildman–Crippen LogP) is 2.98. The molecular weight excluding hydrogens is 224 g/mol. The van der Waals surface area contributed by atoms with Crippen molar-refractivity contribution in [3.05, 3.63) is 24.3 Å². The average Bonchev–Trinajstić information content (AvgIpc) is 2.46. The molecule has 0 amide bonds. The zero-order chi connectivity index (χ0) is 12.8. The van der Waals surface area contributed by atoms with E-state index in [1.807, 2.05) is 0 Å². The fraction of sp³-hybridized carbons (Fsp3) is 0.600. The third-order valence-electron chi connectivity index (χ3n) is 3.59. The summed E-state index contributed by atoms with van der Waals surface area (Å²) in [5.74, 6) is 0.711. The van der Waals surface area contributed by atoms with Crippen molar-refractivity contribution in [2.75, 3.05) is 43.1 Å². The molecule has 1 unspecified atom stereocenters. The Bertz CT molecular complexity index is 361. The van der Waals surface area contributed by atoms with Crippen molar-refractivity contribution in [3.8, 4) is 0 Å². The zero-order valence-electron chi connectivity index (χ0n) is 11.5. The van der Waals surface area contributed by atoms with Gasteiger partial charge in [-0.1, -0.05) is 32.4 Å². The van der Waals surface area contributed by atoms with Gasteiger partial charge in [0.2, 0.25) is 0 Å². The Hall–Kier alpha value is -1.22. The molecule has 1 heterocycles. The number of nitrogens with one attached hydrogen (secondary N) is 1. The van der Waals surface area contributed by atoms with Gasteiger partial charge in [-0.15, -0.1) is 0 Å². The Kier molecular flexibility index (Phi) is 4.88. The molecule has 2 rings (SSSR count). The highest BCUT2D eigenvalue weighted by Gasteiger charge is 2.14.